The minimum absolute atomic E-state index is 0. The van der Waals surface area contributed by atoms with E-state index in [1.807, 2.05) is 34.7 Å². The van der Waals surface area contributed by atoms with Gasteiger partial charge in [-0.25, -0.2) is 9.78 Å². The summed E-state index contributed by atoms with van der Waals surface area (Å²) in [6.45, 7) is 13.3. The average molecular weight is 539 g/mol. The number of nitrogens with zero attached hydrogens (tertiary/aromatic N) is 5. The summed E-state index contributed by atoms with van der Waals surface area (Å²) in [5, 5.41) is 6.58. The molecule has 1 fully saturated rings. The summed E-state index contributed by atoms with van der Waals surface area (Å²) in [5.41, 5.74) is 0.614. The van der Waals surface area contributed by atoms with Crippen LogP contribution in [0.5, 0.6) is 0 Å². The molecule has 0 saturated carbocycles. The third-order valence-corrected chi connectivity index (χ3v) is 5.20. The lowest BCUT2D eigenvalue weighted by Crippen LogP contribution is -2.51. The second-order valence-corrected chi connectivity index (χ2v) is 9.06. The molecular weight excluding hydrogens is 503 g/mol. The summed E-state index contributed by atoms with van der Waals surface area (Å²) in [5.74, 6) is 0.859. The van der Waals surface area contributed by atoms with E-state index in [4.69, 9.17) is 4.74 Å². The van der Waals surface area contributed by atoms with E-state index in [2.05, 4.69) is 30.5 Å². The summed E-state index contributed by atoms with van der Waals surface area (Å²) in [6, 6.07) is 0. The van der Waals surface area contributed by atoms with Crippen LogP contribution in [-0.4, -0.2) is 90.7 Å². The van der Waals surface area contributed by atoms with Gasteiger partial charge >= 0.3 is 6.09 Å². The number of thiazole rings is 1. The van der Waals surface area contributed by atoms with Gasteiger partial charge in [-0.15, -0.1) is 35.3 Å². The highest BCUT2D eigenvalue weighted by Gasteiger charge is 2.25. The van der Waals surface area contributed by atoms with Crippen molar-refractivity contribution in [1.29, 1.82) is 0 Å². The second kappa shape index (κ2) is 11.9. The van der Waals surface area contributed by atoms with Crippen molar-refractivity contribution >= 4 is 47.4 Å². The molecule has 0 unspecified atom stereocenters. The number of carbonyl (C=O) groups excluding carboxylic acids is 1. The van der Waals surface area contributed by atoms with E-state index in [1.54, 1.807) is 23.3 Å². The Balaban J connectivity index is 0.00000420. The molecule has 1 saturated heterocycles. The van der Waals surface area contributed by atoms with Crippen molar-refractivity contribution in [2.45, 2.75) is 39.8 Å². The summed E-state index contributed by atoms with van der Waals surface area (Å²) in [6.07, 6.45) is -0.218. The summed E-state index contributed by atoms with van der Waals surface area (Å²) < 4.78 is 5.45. The molecule has 2 heterocycles. The molecular formula is C19H35IN6O2S. The van der Waals surface area contributed by atoms with E-state index in [9.17, 15) is 4.79 Å². The predicted molar refractivity (Wildman–Crippen MR) is 129 cm³/mol. The Kier molecular flexibility index (Phi) is 10.6. The maximum atomic E-state index is 12.1. The van der Waals surface area contributed by atoms with Crippen LogP contribution in [0.15, 0.2) is 10.4 Å². The van der Waals surface area contributed by atoms with Crippen LogP contribution < -0.4 is 5.32 Å². The number of ether oxygens (including phenoxy) is 1. The number of aromatic nitrogens is 1. The molecule has 0 atom stereocenters. The minimum Gasteiger partial charge on any atom is -0.444 e. The first-order chi connectivity index (χ1) is 13.2. The topological polar surface area (TPSA) is 73.3 Å². The number of guanidine groups is 1. The van der Waals surface area contributed by atoms with Crippen LogP contribution in [0.2, 0.25) is 0 Å². The molecule has 1 aliphatic heterocycles. The quantitative estimate of drug-likeness (QED) is 0.353. The number of amides is 1. The van der Waals surface area contributed by atoms with Crippen LogP contribution >= 0.6 is 35.3 Å². The van der Waals surface area contributed by atoms with Gasteiger partial charge in [0.2, 0.25) is 0 Å². The lowest BCUT2D eigenvalue weighted by Gasteiger charge is -2.35. The van der Waals surface area contributed by atoms with Gasteiger partial charge in [0.05, 0.1) is 17.2 Å². The molecule has 8 nitrogen and oxygen atoms in total. The molecule has 1 aliphatic rings. The minimum atomic E-state index is -0.447. The SMILES string of the molecule is CN=C(NCCN1CCN(C(=O)OC(C)(C)C)CC1)N(C)Cc1csc(C)n1.I. The number of hydrogen-bond acceptors (Lipinski definition) is 6. The number of carbonyl (C=O) groups is 1. The molecule has 1 aromatic rings. The van der Waals surface area contributed by atoms with Crippen LogP contribution in [0.1, 0.15) is 31.5 Å². The molecule has 0 aromatic carbocycles. The summed E-state index contributed by atoms with van der Waals surface area (Å²) in [7, 11) is 3.81. The zero-order valence-electron chi connectivity index (χ0n) is 18.4. The lowest BCUT2D eigenvalue weighted by molar-refractivity contribution is 0.0147. The number of nitrogens with one attached hydrogen (secondary N) is 1. The molecule has 10 heteroatoms. The summed E-state index contributed by atoms with van der Waals surface area (Å²) >= 11 is 1.67. The van der Waals surface area contributed by atoms with E-state index in [1.165, 1.54) is 0 Å². The fourth-order valence-corrected chi connectivity index (χ4v) is 3.59. The third kappa shape index (κ3) is 9.04. The molecule has 29 heavy (non-hydrogen) atoms. The number of hydrogen-bond donors (Lipinski definition) is 1. The van der Waals surface area contributed by atoms with Crippen molar-refractivity contribution in [1.82, 2.24) is 25.0 Å². The van der Waals surface area contributed by atoms with Gasteiger partial charge in [0.25, 0.3) is 0 Å². The van der Waals surface area contributed by atoms with E-state index in [0.29, 0.717) is 13.1 Å². The molecule has 166 valence electrons. The second-order valence-electron chi connectivity index (χ2n) is 8.00. The van der Waals surface area contributed by atoms with Gasteiger partial charge in [-0.2, -0.15) is 0 Å². The van der Waals surface area contributed by atoms with Crippen LogP contribution in [0, 0.1) is 6.92 Å². The summed E-state index contributed by atoms with van der Waals surface area (Å²) in [4.78, 5) is 27.2. The largest absolute Gasteiger partial charge is 0.444 e. The predicted octanol–water partition coefficient (Wildman–Crippen LogP) is 2.63. The maximum Gasteiger partial charge on any atom is 0.410 e. The van der Waals surface area contributed by atoms with E-state index >= 15 is 0 Å². The lowest BCUT2D eigenvalue weighted by atomic mass is 10.2. The Morgan fingerprint density at radius 1 is 1.34 bits per heavy atom. The van der Waals surface area contributed by atoms with Gasteiger partial charge in [0.15, 0.2) is 5.96 Å². The van der Waals surface area contributed by atoms with Gasteiger partial charge < -0.3 is 19.9 Å². The van der Waals surface area contributed by atoms with Crippen LogP contribution in [0.3, 0.4) is 0 Å². The van der Waals surface area contributed by atoms with Crippen molar-refractivity contribution in [3.05, 3.63) is 16.1 Å². The zero-order chi connectivity index (χ0) is 20.7. The van der Waals surface area contributed by atoms with Gasteiger partial charge in [-0.05, 0) is 27.7 Å². The fourth-order valence-electron chi connectivity index (χ4n) is 2.99. The first-order valence-corrected chi connectivity index (χ1v) is 10.6. The molecule has 1 amide bonds. The number of aliphatic imine (C=N–C) groups is 1. The standard InChI is InChI=1S/C19H34N6O2S.HI/c1-15-22-16(14-28-15)13-23(6)17(20-5)21-7-8-24-9-11-25(12-10-24)18(26)27-19(2,3)4;/h14H,7-13H2,1-6H3,(H,20,21);1H. The Morgan fingerprint density at radius 2 is 2.00 bits per heavy atom. The first kappa shape index (κ1) is 25.9. The van der Waals surface area contributed by atoms with Crippen molar-refractivity contribution in [2.75, 3.05) is 53.4 Å². The van der Waals surface area contributed by atoms with Gasteiger partial charge in [-0.3, -0.25) is 9.89 Å². The Labute approximate surface area is 195 Å². The van der Waals surface area contributed by atoms with E-state index < -0.39 is 5.60 Å². The van der Waals surface area contributed by atoms with Crippen molar-refractivity contribution in [3.8, 4) is 0 Å². The monoisotopic (exact) mass is 538 g/mol. The Bertz CT molecular complexity index is 668. The van der Waals surface area contributed by atoms with E-state index in [-0.39, 0.29) is 30.1 Å². The molecule has 0 spiro atoms. The molecule has 0 bridgehead atoms. The highest BCUT2D eigenvalue weighted by molar-refractivity contribution is 14.0. The number of aryl methyl sites for hydroxylation is 1. The van der Waals surface area contributed by atoms with Gasteiger partial charge in [-0.1, -0.05) is 0 Å². The maximum absolute atomic E-state index is 12.1. The van der Waals surface area contributed by atoms with Crippen LogP contribution in [0.4, 0.5) is 4.79 Å². The smallest absolute Gasteiger partial charge is 0.410 e. The van der Waals surface area contributed by atoms with Crippen molar-refractivity contribution in [3.63, 3.8) is 0 Å². The number of piperazine rings is 1. The first-order valence-electron chi connectivity index (χ1n) is 9.71. The highest BCUT2D eigenvalue weighted by Crippen LogP contribution is 2.12. The number of halogens is 1. The van der Waals surface area contributed by atoms with Crippen LogP contribution in [0.25, 0.3) is 0 Å². The number of rotatable bonds is 5. The van der Waals surface area contributed by atoms with Gasteiger partial charge in [0.1, 0.15) is 5.60 Å². The molecule has 0 aliphatic carbocycles. The third-order valence-electron chi connectivity index (χ3n) is 4.37. The zero-order valence-corrected chi connectivity index (χ0v) is 21.5. The average Bonchev–Trinajstić information content (AvgIpc) is 3.02. The van der Waals surface area contributed by atoms with Crippen LogP contribution in [-0.2, 0) is 11.3 Å². The molecule has 1 aromatic heterocycles. The van der Waals surface area contributed by atoms with Gasteiger partial charge in [0, 0.05) is 58.7 Å². The highest BCUT2D eigenvalue weighted by atomic mass is 127. The fraction of sp³-hybridized carbons (Fsp3) is 0.737. The van der Waals surface area contributed by atoms with Crippen molar-refractivity contribution in [2.24, 2.45) is 4.99 Å². The van der Waals surface area contributed by atoms with Crippen molar-refractivity contribution < 1.29 is 9.53 Å². The normalized spacial score (nSPS) is 15.7. The molecule has 0 radical (unpaired) electrons. The van der Waals surface area contributed by atoms with E-state index in [0.717, 1.165) is 49.4 Å². The Morgan fingerprint density at radius 3 is 2.52 bits per heavy atom. The Hall–Kier alpha value is -1.14. The molecule has 1 N–H and O–H groups in total. The molecule has 2 rings (SSSR count).